The minimum absolute atomic E-state index is 0.0225. The Hall–Kier alpha value is -0.670. The van der Waals surface area contributed by atoms with Gasteiger partial charge in [-0.3, -0.25) is 15.5 Å². The Kier molecular flexibility index (Phi) is 8.44. The fourth-order valence-electron chi connectivity index (χ4n) is 7.01. The molecule has 1 aromatic carbocycles. The molecule has 7 heteroatoms. The van der Waals surface area contributed by atoms with Gasteiger partial charge in [-0.25, -0.2) is 4.72 Å². The Balaban J connectivity index is 1.43. The minimum atomic E-state index is 0.0225. The molecule has 0 amide bonds. The molecule has 196 valence electrons. The molecule has 35 heavy (non-hydrogen) atoms. The van der Waals surface area contributed by atoms with Crippen LogP contribution in [0.2, 0.25) is 0 Å². The van der Waals surface area contributed by atoms with Crippen molar-refractivity contribution in [2.45, 2.75) is 95.8 Å². The highest BCUT2D eigenvalue weighted by molar-refractivity contribution is 7.98. The topological polar surface area (TPSA) is 51.8 Å². The molecule has 3 N–H and O–H groups in total. The van der Waals surface area contributed by atoms with Crippen LogP contribution in [0.4, 0.5) is 0 Å². The van der Waals surface area contributed by atoms with E-state index in [1.807, 2.05) is 11.9 Å². The summed E-state index contributed by atoms with van der Waals surface area (Å²) in [7, 11) is 2.28. The summed E-state index contributed by atoms with van der Waals surface area (Å²) in [5.41, 5.74) is 4.16. The van der Waals surface area contributed by atoms with Gasteiger partial charge in [0, 0.05) is 49.9 Å². The third-order valence-electron chi connectivity index (χ3n) is 8.69. The first-order valence-corrected chi connectivity index (χ1v) is 14.8. The summed E-state index contributed by atoms with van der Waals surface area (Å²) in [5.74, 6) is 1.44. The lowest BCUT2D eigenvalue weighted by Gasteiger charge is -2.40. The Morgan fingerprint density at radius 2 is 1.80 bits per heavy atom. The predicted molar refractivity (Wildman–Crippen MR) is 146 cm³/mol. The van der Waals surface area contributed by atoms with Crippen LogP contribution >= 0.6 is 11.9 Å². The SMILES string of the molecule is Cc1cccc(C)c1C1CC2NC(NSC3CCCC(C3)CN3C[C@@H](CN(C)C[C@H]3C(C)C)O2)N1. The fraction of sp³-hybridized carbons (Fsp3) is 0.786. The first-order chi connectivity index (χ1) is 16.9. The normalized spacial score (nSPS) is 39.3. The Morgan fingerprint density at radius 3 is 2.57 bits per heavy atom. The summed E-state index contributed by atoms with van der Waals surface area (Å²) in [6.45, 7) is 13.7. The second kappa shape index (κ2) is 11.4. The van der Waals surface area contributed by atoms with Gasteiger partial charge in [0.15, 0.2) is 0 Å². The number of fused-ring (bicyclic) bond motifs is 6. The maximum absolute atomic E-state index is 6.94. The lowest BCUT2D eigenvalue weighted by Crippen LogP contribution is -2.61. The number of nitrogens with one attached hydrogen (secondary N) is 3. The van der Waals surface area contributed by atoms with Crippen LogP contribution in [0.3, 0.4) is 0 Å². The second-order valence-electron chi connectivity index (χ2n) is 12.0. The van der Waals surface area contributed by atoms with Gasteiger partial charge in [0.05, 0.1) is 6.10 Å². The quantitative estimate of drug-likeness (QED) is 0.530. The maximum Gasteiger partial charge on any atom is 0.123 e. The van der Waals surface area contributed by atoms with Crippen molar-refractivity contribution in [2.75, 3.05) is 33.2 Å². The lowest BCUT2D eigenvalue weighted by atomic mass is 9.87. The van der Waals surface area contributed by atoms with E-state index in [0.29, 0.717) is 17.2 Å². The van der Waals surface area contributed by atoms with Crippen molar-refractivity contribution in [3.63, 3.8) is 0 Å². The van der Waals surface area contributed by atoms with Crippen molar-refractivity contribution in [3.8, 4) is 0 Å². The molecule has 8 atom stereocenters. The Labute approximate surface area is 217 Å². The molecule has 0 radical (unpaired) electrons. The van der Waals surface area contributed by atoms with Crippen LogP contribution in [0.5, 0.6) is 0 Å². The number of aryl methyl sites for hydroxylation is 2. The van der Waals surface area contributed by atoms with Gasteiger partial charge in [-0.1, -0.05) is 50.4 Å². The van der Waals surface area contributed by atoms with Gasteiger partial charge < -0.3 is 9.64 Å². The highest BCUT2D eigenvalue weighted by atomic mass is 32.2. The van der Waals surface area contributed by atoms with E-state index in [-0.39, 0.29) is 24.7 Å². The monoisotopic (exact) mass is 501 g/mol. The molecule has 4 aliphatic rings. The summed E-state index contributed by atoms with van der Waals surface area (Å²) in [4.78, 5) is 5.32. The van der Waals surface area contributed by atoms with Crippen LogP contribution in [0, 0.1) is 25.7 Å². The van der Waals surface area contributed by atoms with E-state index in [1.165, 1.54) is 48.9 Å². The van der Waals surface area contributed by atoms with Crippen molar-refractivity contribution in [3.05, 3.63) is 34.9 Å². The first-order valence-electron chi connectivity index (χ1n) is 13.9. The average Bonchev–Trinajstić information content (AvgIpc) is 2.95. The van der Waals surface area contributed by atoms with Crippen LogP contribution in [0.25, 0.3) is 0 Å². The van der Waals surface area contributed by atoms with Gasteiger partial charge in [0.1, 0.15) is 12.5 Å². The van der Waals surface area contributed by atoms with Crippen molar-refractivity contribution < 1.29 is 4.74 Å². The van der Waals surface area contributed by atoms with Crippen molar-refractivity contribution >= 4 is 11.9 Å². The van der Waals surface area contributed by atoms with Gasteiger partial charge in [0.25, 0.3) is 0 Å². The lowest BCUT2D eigenvalue weighted by molar-refractivity contribution is -0.0763. The van der Waals surface area contributed by atoms with Crippen LogP contribution in [0.1, 0.15) is 68.7 Å². The highest BCUT2D eigenvalue weighted by Crippen LogP contribution is 2.35. The molecule has 3 saturated heterocycles. The molecular formula is C28H47N5OS. The van der Waals surface area contributed by atoms with E-state index in [1.54, 1.807) is 0 Å². The van der Waals surface area contributed by atoms with Crippen molar-refractivity contribution in [1.82, 2.24) is 25.2 Å². The largest absolute Gasteiger partial charge is 0.357 e. The van der Waals surface area contributed by atoms with Crippen LogP contribution < -0.4 is 15.4 Å². The first kappa shape index (κ1) is 26.0. The molecule has 6 bridgehead atoms. The molecule has 1 aromatic rings. The standard InChI is InChI=1S/C28H47N5OS/c1-18(2)25-17-32(5)15-22-16-33(25)14-21-10-7-11-23(12-21)35-31-28-29-24(13-26(30-28)34-22)27-19(3)8-6-9-20(27)4/h6,8-9,18,21-26,28-31H,7,10-17H2,1-5H3/t21?,22-,23?,24?,25+,26?,28?/m1/s1. The molecule has 0 aromatic heterocycles. The smallest absolute Gasteiger partial charge is 0.123 e. The van der Waals surface area contributed by atoms with Crippen molar-refractivity contribution in [1.29, 1.82) is 0 Å². The van der Waals surface area contributed by atoms with E-state index < -0.39 is 0 Å². The number of likely N-dealkylation sites (N-methyl/N-ethyl adjacent to an activating group) is 1. The molecule has 0 spiro atoms. The summed E-state index contributed by atoms with van der Waals surface area (Å²) < 4.78 is 10.7. The number of hydrogen-bond acceptors (Lipinski definition) is 7. The van der Waals surface area contributed by atoms with Gasteiger partial charge >= 0.3 is 0 Å². The Bertz CT molecular complexity index is 832. The third-order valence-corrected chi connectivity index (χ3v) is 9.82. The number of benzene rings is 1. The predicted octanol–water partition coefficient (Wildman–Crippen LogP) is 4.00. The summed E-state index contributed by atoms with van der Waals surface area (Å²) in [6, 6.07) is 7.53. The fourth-order valence-corrected chi connectivity index (χ4v) is 8.13. The molecule has 6 nitrogen and oxygen atoms in total. The number of nitrogens with zero attached hydrogens (tertiary/aromatic N) is 2. The van der Waals surface area contributed by atoms with Crippen LogP contribution in [-0.4, -0.2) is 72.9 Å². The molecule has 3 aliphatic heterocycles. The highest BCUT2D eigenvalue weighted by Gasteiger charge is 2.38. The number of rotatable bonds is 2. The van der Waals surface area contributed by atoms with E-state index in [0.717, 1.165) is 32.0 Å². The molecule has 6 unspecified atom stereocenters. The number of ether oxygens (including phenoxy) is 1. The molecule has 1 aliphatic carbocycles. The van der Waals surface area contributed by atoms with E-state index in [4.69, 9.17) is 4.74 Å². The summed E-state index contributed by atoms with van der Waals surface area (Å²) in [5, 5.41) is 8.33. The number of hydrogen-bond donors (Lipinski definition) is 3. The second-order valence-corrected chi connectivity index (χ2v) is 13.1. The zero-order valence-corrected chi connectivity index (χ0v) is 23.2. The third kappa shape index (κ3) is 6.25. The molecule has 3 heterocycles. The molecule has 4 fully saturated rings. The Morgan fingerprint density at radius 1 is 1.00 bits per heavy atom. The van der Waals surface area contributed by atoms with Crippen molar-refractivity contribution in [2.24, 2.45) is 11.8 Å². The zero-order valence-electron chi connectivity index (χ0n) is 22.4. The van der Waals surface area contributed by atoms with Gasteiger partial charge in [-0.15, -0.1) is 0 Å². The van der Waals surface area contributed by atoms with E-state index in [2.05, 4.69) is 78.1 Å². The van der Waals surface area contributed by atoms with Gasteiger partial charge in [-0.05, 0) is 68.7 Å². The molecule has 1 saturated carbocycles. The van der Waals surface area contributed by atoms with Gasteiger partial charge in [-0.2, -0.15) is 0 Å². The van der Waals surface area contributed by atoms with E-state index in [9.17, 15) is 0 Å². The summed E-state index contributed by atoms with van der Waals surface area (Å²) >= 11 is 1.95. The van der Waals surface area contributed by atoms with Gasteiger partial charge in [0.2, 0.25) is 0 Å². The zero-order chi connectivity index (χ0) is 24.5. The van der Waals surface area contributed by atoms with Crippen LogP contribution in [-0.2, 0) is 4.74 Å². The maximum atomic E-state index is 6.94. The molecule has 5 rings (SSSR count). The minimum Gasteiger partial charge on any atom is -0.357 e. The molecular weight excluding hydrogens is 454 g/mol. The average molecular weight is 502 g/mol. The van der Waals surface area contributed by atoms with E-state index >= 15 is 0 Å². The van der Waals surface area contributed by atoms with Crippen LogP contribution in [0.15, 0.2) is 18.2 Å². The summed E-state index contributed by atoms with van der Waals surface area (Å²) in [6.07, 6.45) is 6.57.